The number of carbonyl (C=O) groups is 1. The first kappa shape index (κ1) is 14.0. The Morgan fingerprint density at radius 2 is 2.42 bits per heavy atom. The minimum absolute atomic E-state index is 0.0116. The van der Waals surface area contributed by atoms with Crippen LogP contribution in [0, 0.1) is 6.92 Å². The van der Waals surface area contributed by atoms with Gasteiger partial charge in [0.15, 0.2) is 0 Å². The molecule has 0 saturated carbocycles. The molecule has 1 aliphatic heterocycles. The monoisotopic (exact) mass is 266 g/mol. The van der Waals surface area contributed by atoms with Crippen molar-refractivity contribution in [3.05, 3.63) is 17.5 Å². The number of carbonyl (C=O) groups excluding carboxylic acids is 1. The van der Waals surface area contributed by atoms with E-state index < -0.39 is 0 Å². The first-order valence-electron chi connectivity index (χ1n) is 6.64. The summed E-state index contributed by atoms with van der Waals surface area (Å²) in [5.74, 6) is -0.0116. The molecule has 0 radical (unpaired) electrons. The average molecular weight is 266 g/mol. The summed E-state index contributed by atoms with van der Waals surface area (Å²) >= 11 is 0. The van der Waals surface area contributed by atoms with Crippen molar-refractivity contribution in [1.82, 2.24) is 20.0 Å². The van der Waals surface area contributed by atoms with E-state index in [9.17, 15) is 4.79 Å². The van der Waals surface area contributed by atoms with E-state index in [0.717, 1.165) is 18.7 Å². The maximum Gasteiger partial charge on any atom is 0.274 e. The molecule has 6 heteroatoms. The number of aryl methyl sites for hydroxylation is 1. The highest BCUT2D eigenvalue weighted by molar-refractivity contribution is 5.92. The standard InChI is InChI=1S/C13H22N4O2/c1-10-8-12(15-14-10)13(18)17-6-7-19-11(9-17)4-5-16(2)3/h8,11H,4-7,9H2,1-3H3,(H,14,15)/t11-/m0/s1. The fourth-order valence-electron chi connectivity index (χ4n) is 2.17. The van der Waals surface area contributed by atoms with Gasteiger partial charge in [0.1, 0.15) is 5.69 Å². The van der Waals surface area contributed by atoms with Crippen LogP contribution in [0.3, 0.4) is 0 Å². The second kappa shape index (κ2) is 6.16. The molecule has 0 unspecified atom stereocenters. The number of H-pyrrole nitrogens is 1. The molecule has 19 heavy (non-hydrogen) atoms. The summed E-state index contributed by atoms with van der Waals surface area (Å²) in [6.07, 6.45) is 1.07. The normalized spacial score (nSPS) is 20.0. The molecule has 1 aromatic heterocycles. The number of amides is 1. The van der Waals surface area contributed by atoms with E-state index in [2.05, 4.69) is 15.1 Å². The Labute approximate surface area is 113 Å². The van der Waals surface area contributed by atoms with Gasteiger partial charge in [-0.3, -0.25) is 9.89 Å². The third-order valence-corrected chi connectivity index (χ3v) is 3.25. The molecule has 0 bridgehead atoms. The first-order valence-corrected chi connectivity index (χ1v) is 6.64. The van der Waals surface area contributed by atoms with E-state index in [4.69, 9.17) is 4.74 Å². The van der Waals surface area contributed by atoms with E-state index in [-0.39, 0.29) is 12.0 Å². The van der Waals surface area contributed by atoms with Crippen LogP contribution in [-0.4, -0.2) is 72.3 Å². The van der Waals surface area contributed by atoms with Crippen LogP contribution in [-0.2, 0) is 4.74 Å². The van der Waals surface area contributed by atoms with Crippen LogP contribution in [0.5, 0.6) is 0 Å². The first-order chi connectivity index (χ1) is 9.06. The smallest absolute Gasteiger partial charge is 0.274 e. The molecular formula is C13H22N4O2. The highest BCUT2D eigenvalue weighted by atomic mass is 16.5. The van der Waals surface area contributed by atoms with Gasteiger partial charge in [-0.1, -0.05) is 0 Å². The molecular weight excluding hydrogens is 244 g/mol. The highest BCUT2D eigenvalue weighted by Crippen LogP contribution is 2.12. The molecule has 106 valence electrons. The molecule has 1 aromatic rings. The third kappa shape index (κ3) is 3.78. The summed E-state index contributed by atoms with van der Waals surface area (Å²) in [5.41, 5.74) is 1.39. The number of rotatable bonds is 4. The highest BCUT2D eigenvalue weighted by Gasteiger charge is 2.26. The van der Waals surface area contributed by atoms with Crippen molar-refractivity contribution >= 4 is 5.91 Å². The molecule has 2 heterocycles. The number of hydrogen-bond donors (Lipinski definition) is 1. The predicted molar refractivity (Wildman–Crippen MR) is 72.1 cm³/mol. The van der Waals surface area contributed by atoms with Crippen LogP contribution in [0.2, 0.25) is 0 Å². The third-order valence-electron chi connectivity index (χ3n) is 3.25. The van der Waals surface area contributed by atoms with E-state index in [1.54, 1.807) is 6.07 Å². The van der Waals surface area contributed by atoms with E-state index in [1.165, 1.54) is 0 Å². The molecule has 1 aliphatic rings. The maximum absolute atomic E-state index is 12.3. The number of morpholine rings is 1. The van der Waals surface area contributed by atoms with Crippen LogP contribution in [0.4, 0.5) is 0 Å². The molecule has 1 N–H and O–H groups in total. The number of nitrogens with one attached hydrogen (secondary N) is 1. The summed E-state index contributed by atoms with van der Waals surface area (Å²) in [6, 6.07) is 1.78. The van der Waals surface area contributed by atoms with Gasteiger partial charge < -0.3 is 14.5 Å². The number of nitrogens with zero attached hydrogens (tertiary/aromatic N) is 3. The summed E-state index contributed by atoms with van der Waals surface area (Å²) in [6.45, 7) is 4.76. The fourth-order valence-corrected chi connectivity index (χ4v) is 2.17. The number of ether oxygens (including phenoxy) is 1. The van der Waals surface area contributed by atoms with Crippen molar-refractivity contribution in [2.45, 2.75) is 19.4 Å². The Morgan fingerprint density at radius 3 is 3.05 bits per heavy atom. The van der Waals surface area contributed by atoms with Crippen molar-refractivity contribution in [3.8, 4) is 0 Å². The Balaban J connectivity index is 1.91. The SMILES string of the molecule is Cc1cc(C(=O)N2CCO[C@@H](CCN(C)C)C2)n[nH]1. The fraction of sp³-hybridized carbons (Fsp3) is 0.692. The minimum Gasteiger partial charge on any atom is -0.374 e. The lowest BCUT2D eigenvalue weighted by Crippen LogP contribution is -2.46. The Hall–Kier alpha value is -1.40. The van der Waals surface area contributed by atoms with Crippen molar-refractivity contribution in [2.75, 3.05) is 40.3 Å². The van der Waals surface area contributed by atoms with E-state index in [1.807, 2.05) is 25.9 Å². The van der Waals surface area contributed by atoms with Gasteiger partial charge in [0.25, 0.3) is 5.91 Å². The molecule has 6 nitrogen and oxygen atoms in total. The van der Waals surface area contributed by atoms with Gasteiger partial charge in [-0.05, 0) is 33.5 Å². The van der Waals surface area contributed by atoms with E-state index in [0.29, 0.717) is 25.4 Å². The lowest BCUT2D eigenvalue weighted by atomic mass is 10.2. The van der Waals surface area contributed by atoms with Crippen molar-refractivity contribution in [1.29, 1.82) is 0 Å². The topological polar surface area (TPSA) is 61.5 Å². The largest absolute Gasteiger partial charge is 0.374 e. The summed E-state index contributed by atoms with van der Waals surface area (Å²) < 4.78 is 5.70. The Kier molecular flexibility index (Phi) is 4.55. The second-order valence-electron chi connectivity index (χ2n) is 5.27. The van der Waals surface area contributed by atoms with Gasteiger partial charge in [0.05, 0.1) is 12.7 Å². The van der Waals surface area contributed by atoms with Crippen LogP contribution >= 0.6 is 0 Å². The van der Waals surface area contributed by atoms with Gasteiger partial charge in [-0.25, -0.2) is 0 Å². The zero-order valence-corrected chi connectivity index (χ0v) is 11.8. The lowest BCUT2D eigenvalue weighted by molar-refractivity contribution is -0.0271. The second-order valence-corrected chi connectivity index (χ2v) is 5.27. The lowest BCUT2D eigenvalue weighted by Gasteiger charge is -2.33. The van der Waals surface area contributed by atoms with Crippen LogP contribution in [0.1, 0.15) is 22.6 Å². The minimum atomic E-state index is -0.0116. The molecule has 0 spiro atoms. The zero-order chi connectivity index (χ0) is 13.8. The molecule has 1 fully saturated rings. The van der Waals surface area contributed by atoms with Gasteiger partial charge in [-0.2, -0.15) is 5.10 Å². The molecule has 1 saturated heterocycles. The van der Waals surface area contributed by atoms with Gasteiger partial charge in [0, 0.05) is 25.3 Å². The maximum atomic E-state index is 12.3. The quantitative estimate of drug-likeness (QED) is 0.862. The van der Waals surface area contributed by atoms with Gasteiger partial charge in [0.2, 0.25) is 0 Å². The molecule has 1 atom stereocenters. The molecule has 0 aromatic carbocycles. The van der Waals surface area contributed by atoms with Crippen LogP contribution < -0.4 is 0 Å². The Morgan fingerprint density at radius 1 is 1.63 bits per heavy atom. The summed E-state index contributed by atoms with van der Waals surface area (Å²) in [5, 5.41) is 6.83. The Bertz CT molecular complexity index is 430. The summed E-state index contributed by atoms with van der Waals surface area (Å²) in [4.78, 5) is 16.2. The van der Waals surface area contributed by atoms with Gasteiger partial charge in [-0.15, -0.1) is 0 Å². The van der Waals surface area contributed by atoms with Gasteiger partial charge >= 0.3 is 0 Å². The summed E-state index contributed by atoms with van der Waals surface area (Å²) in [7, 11) is 4.08. The van der Waals surface area contributed by atoms with Crippen molar-refractivity contribution in [3.63, 3.8) is 0 Å². The van der Waals surface area contributed by atoms with Crippen molar-refractivity contribution < 1.29 is 9.53 Å². The predicted octanol–water partition coefficient (Wildman–Crippen LogP) is 0.511. The molecule has 1 amide bonds. The molecule has 2 rings (SSSR count). The number of aromatic nitrogens is 2. The van der Waals surface area contributed by atoms with Crippen molar-refractivity contribution in [2.24, 2.45) is 0 Å². The number of aromatic amines is 1. The van der Waals surface area contributed by atoms with E-state index >= 15 is 0 Å². The average Bonchev–Trinajstić information content (AvgIpc) is 2.82. The molecule has 0 aliphatic carbocycles. The van der Waals surface area contributed by atoms with Crippen LogP contribution in [0.25, 0.3) is 0 Å². The zero-order valence-electron chi connectivity index (χ0n) is 11.8. The van der Waals surface area contributed by atoms with Crippen LogP contribution in [0.15, 0.2) is 6.07 Å². The number of hydrogen-bond acceptors (Lipinski definition) is 4.